The maximum atomic E-state index is 5.61. The van der Waals surface area contributed by atoms with Crippen LogP contribution in [-0.2, 0) is 11.8 Å². The topological polar surface area (TPSA) is 99.0 Å². The Bertz CT molecular complexity index is 1230. The number of benzene rings is 1. The molecule has 0 radical (unpaired) electrons. The van der Waals surface area contributed by atoms with E-state index < -0.39 is 0 Å². The van der Waals surface area contributed by atoms with Gasteiger partial charge in [0.2, 0.25) is 5.95 Å². The molecule has 1 saturated heterocycles. The minimum absolute atomic E-state index is 0.477. The molecule has 1 aliphatic heterocycles. The first-order chi connectivity index (χ1) is 15.7. The number of anilines is 3. The lowest BCUT2D eigenvalue weighted by atomic mass is 10.1. The van der Waals surface area contributed by atoms with Gasteiger partial charge in [0.25, 0.3) is 0 Å². The zero-order chi connectivity index (χ0) is 21.9. The molecule has 1 fully saturated rings. The van der Waals surface area contributed by atoms with Crippen molar-refractivity contribution >= 4 is 28.4 Å². The van der Waals surface area contributed by atoms with Crippen molar-refractivity contribution in [2.45, 2.75) is 6.42 Å². The molecule has 3 aromatic heterocycles. The predicted molar refractivity (Wildman–Crippen MR) is 123 cm³/mol. The van der Waals surface area contributed by atoms with Crippen LogP contribution in [-0.4, -0.2) is 51.6 Å². The van der Waals surface area contributed by atoms with Crippen molar-refractivity contribution in [1.29, 1.82) is 0 Å². The monoisotopic (exact) mass is 431 g/mol. The maximum Gasteiger partial charge on any atom is 0.227 e. The lowest BCUT2D eigenvalue weighted by Crippen LogP contribution is -2.15. The van der Waals surface area contributed by atoms with Gasteiger partial charge in [0.15, 0.2) is 5.82 Å². The van der Waals surface area contributed by atoms with E-state index in [0.29, 0.717) is 17.6 Å². The summed E-state index contributed by atoms with van der Waals surface area (Å²) in [5, 5.41) is 11.9. The molecule has 0 amide bonds. The molecule has 9 nitrogen and oxygen atoms in total. The van der Waals surface area contributed by atoms with Gasteiger partial charge in [-0.15, -0.1) is 0 Å². The summed E-state index contributed by atoms with van der Waals surface area (Å²) in [6.45, 7) is 2.42. The highest BCUT2D eigenvalue weighted by atomic mass is 16.5. The lowest BCUT2D eigenvalue weighted by molar-refractivity contribution is 0.187. The number of aromatic nitrogens is 5. The fraction of sp³-hybridized carbons (Fsp3) is 0.304. The summed E-state index contributed by atoms with van der Waals surface area (Å²) in [6.07, 6.45) is 8.43. The fourth-order valence-corrected chi connectivity index (χ4v) is 3.80. The standard InChI is InChI=1S/C23H25N7O2/c1-30-13-18(12-27-30)16-3-4-19(20(9-16)31-2)28-23-26-11-17-5-7-24-22(21(17)29-23)25-10-15-6-8-32-14-15/h3-5,7,9,11-13,15H,6,8,10,14H2,1-2H3,(H,24,25)(H,26,28,29). The Labute approximate surface area is 185 Å². The molecule has 164 valence electrons. The van der Waals surface area contributed by atoms with Gasteiger partial charge in [0, 0.05) is 55.7 Å². The zero-order valence-electron chi connectivity index (χ0n) is 18.1. The van der Waals surface area contributed by atoms with Gasteiger partial charge >= 0.3 is 0 Å². The number of pyridine rings is 1. The van der Waals surface area contributed by atoms with Crippen molar-refractivity contribution in [3.05, 3.63) is 49.1 Å². The van der Waals surface area contributed by atoms with Crippen LogP contribution in [0.1, 0.15) is 6.42 Å². The van der Waals surface area contributed by atoms with Crippen LogP contribution in [0.4, 0.5) is 17.5 Å². The van der Waals surface area contributed by atoms with E-state index in [1.54, 1.807) is 24.2 Å². The average molecular weight is 432 g/mol. The SMILES string of the molecule is COc1cc(-c2cnn(C)c2)ccc1Nc1ncc2ccnc(NCC3CCOC3)c2n1. The molecule has 0 aliphatic carbocycles. The van der Waals surface area contributed by atoms with Crippen LogP contribution in [0, 0.1) is 5.92 Å². The molecule has 0 bridgehead atoms. The fourth-order valence-electron chi connectivity index (χ4n) is 3.80. The second kappa shape index (κ2) is 8.80. The Morgan fingerprint density at radius 3 is 2.91 bits per heavy atom. The molecular formula is C23H25N7O2. The van der Waals surface area contributed by atoms with Crippen molar-refractivity contribution in [2.75, 3.05) is 37.5 Å². The quantitative estimate of drug-likeness (QED) is 0.458. The second-order valence-electron chi connectivity index (χ2n) is 7.84. The number of rotatable bonds is 7. The second-order valence-corrected chi connectivity index (χ2v) is 7.84. The van der Waals surface area contributed by atoms with E-state index in [1.165, 1.54) is 0 Å². The lowest BCUT2D eigenvalue weighted by Gasteiger charge is -2.13. The summed E-state index contributed by atoms with van der Waals surface area (Å²) in [5.41, 5.74) is 3.59. The molecule has 2 N–H and O–H groups in total. The first-order valence-electron chi connectivity index (χ1n) is 10.6. The van der Waals surface area contributed by atoms with Gasteiger partial charge in [-0.1, -0.05) is 6.07 Å². The number of methoxy groups -OCH3 is 1. The summed E-state index contributed by atoms with van der Waals surface area (Å²) in [4.78, 5) is 13.7. The Kier molecular flexibility index (Phi) is 5.55. The van der Waals surface area contributed by atoms with Gasteiger partial charge in [-0.25, -0.2) is 15.0 Å². The summed E-state index contributed by atoms with van der Waals surface area (Å²) in [7, 11) is 3.54. The summed E-state index contributed by atoms with van der Waals surface area (Å²) >= 11 is 0. The maximum absolute atomic E-state index is 5.61. The highest BCUT2D eigenvalue weighted by Crippen LogP contribution is 2.32. The number of hydrogen-bond donors (Lipinski definition) is 2. The largest absolute Gasteiger partial charge is 0.495 e. The Morgan fingerprint density at radius 1 is 1.19 bits per heavy atom. The molecule has 1 atom stereocenters. The van der Waals surface area contributed by atoms with Crippen LogP contribution in [0.15, 0.2) is 49.1 Å². The summed E-state index contributed by atoms with van der Waals surface area (Å²) < 4.78 is 12.9. The molecule has 1 unspecified atom stereocenters. The zero-order valence-corrected chi connectivity index (χ0v) is 18.1. The molecular weight excluding hydrogens is 406 g/mol. The van der Waals surface area contributed by atoms with Gasteiger partial charge in [0.05, 0.1) is 25.6 Å². The van der Waals surface area contributed by atoms with E-state index in [0.717, 1.165) is 59.7 Å². The molecule has 4 heterocycles. The Morgan fingerprint density at radius 2 is 2.12 bits per heavy atom. The summed E-state index contributed by atoms with van der Waals surface area (Å²) in [6, 6.07) is 7.85. The van der Waals surface area contributed by atoms with Crippen LogP contribution in [0.25, 0.3) is 22.0 Å². The van der Waals surface area contributed by atoms with Crippen molar-refractivity contribution in [2.24, 2.45) is 13.0 Å². The Balaban J connectivity index is 1.40. The van der Waals surface area contributed by atoms with E-state index in [4.69, 9.17) is 14.5 Å². The van der Waals surface area contributed by atoms with E-state index in [1.807, 2.05) is 43.7 Å². The molecule has 9 heteroatoms. The van der Waals surface area contributed by atoms with E-state index in [9.17, 15) is 0 Å². The van der Waals surface area contributed by atoms with E-state index in [-0.39, 0.29) is 0 Å². The normalized spacial score (nSPS) is 15.8. The van der Waals surface area contributed by atoms with Gasteiger partial charge in [0.1, 0.15) is 11.3 Å². The average Bonchev–Trinajstić information content (AvgIpc) is 3.50. The predicted octanol–water partition coefficient (Wildman–Crippen LogP) is 3.63. The van der Waals surface area contributed by atoms with Gasteiger partial charge in [-0.3, -0.25) is 4.68 Å². The van der Waals surface area contributed by atoms with Crippen LogP contribution < -0.4 is 15.4 Å². The minimum Gasteiger partial charge on any atom is -0.495 e. The molecule has 5 rings (SSSR count). The first-order valence-corrected chi connectivity index (χ1v) is 10.6. The third-order valence-electron chi connectivity index (χ3n) is 5.57. The molecule has 1 aromatic carbocycles. The van der Waals surface area contributed by atoms with Crippen LogP contribution in [0.2, 0.25) is 0 Å². The highest BCUT2D eigenvalue weighted by Gasteiger charge is 2.16. The molecule has 4 aromatic rings. The van der Waals surface area contributed by atoms with E-state index in [2.05, 4.69) is 25.7 Å². The van der Waals surface area contributed by atoms with Gasteiger partial charge in [-0.05, 0) is 30.2 Å². The van der Waals surface area contributed by atoms with Crippen molar-refractivity contribution in [1.82, 2.24) is 24.7 Å². The smallest absolute Gasteiger partial charge is 0.227 e. The third-order valence-corrected chi connectivity index (χ3v) is 5.57. The minimum atomic E-state index is 0.477. The number of aryl methyl sites for hydroxylation is 1. The molecule has 1 aliphatic rings. The molecule has 0 spiro atoms. The highest BCUT2D eigenvalue weighted by molar-refractivity contribution is 5.88. The molecule has 32 heavy (non-hydrogen) atoms. The van der Waals surface area contributed by atoms with Crippen LogP contribution >= 0.6 is 0 Å². The van der Waals surface area contributed by atoms with E-state index >= 15 is 0 Å². The first kappa shape index (κ1) is 20.2. The number of nitrogens with zero attached hydrogens (tertiary/aromatic N) is 5. The Hall–Kier alpha value is -3.72. The summed E-state index contributed by atoms with van der Waals surface area (Å²) in [5.74, 6) is 2.42. The number of nitrogens with one attached hydrogen (secondary N) is 2. The van der Waals surface area contributed by atoms with Crippen molar-refractivity contribution in [3.8, 4) is 16.9 Å². The van der Waals surface area contributed by atoms with Crippen LogP contribution in [0.5, 0.6) is 5.75 Å². The van der Waals surface area contributed by atoms with Crippen LogP contribution in [0.3, 0.4) is 0 Å². The van der Waals surface area contributed by atoms with Gasteiger partial charge in [-0.2, -0.15) is 5.10 Å². The van der Waals surface area contributed by atoms with Crippen molar-refractivity contribution in [3.63, 3.8) is 0 Å². The molecule has 0 saturated carbocycles. The number of fused-ring (bicyclic) bond motifs is 1. The third kappa shape index (κ3) is 4.19. The van der Waals surface area contributed by atoms with Gasteiger partial charge < -0.3 is 20.1 Å². The number of ether oxygens (including phenoxy) is 2. The van der Waals surface area contributed by atoms with Crippen molar-refractivity contribution < 1.29 is 9.47 Å². The number of hydrogen-bond acceptors (Lipinski definition) is 8.